The maximum absolute atomic E-state index is 12.4. The molecule has 0 saturated carbocycles. The van der Waals surface area contributed by atoms with E-state index >= 15 is 0 Å². The SMILES string of the molecule is COC(=O)c1ccc(NC(=O)N2CCC(OCCOCc3ccccc3)CC2)cc1. The third-order valence-electron chi connectivity index (χ3n) is 4.98. The molecule has 0 spiro atoms. The third-order valence-corrected chi connectivity index (χ3v) is 4.98. The minimum absolute atomic E-state index is 0.147. The van der Waals surface area contributed by atoms with E-state index in [0.717, 1.165) is 18.4 Å². The molecule has 1 saturated heterocycles. The number of ether oxygens (including phenoxy) is 3. The van der Waals surface area contributed by atoms with Crippen molar-refractivity contribution in [2.75, 3.05) is 38.7 Å². The zero-order valence-corrected chi connectivity index (χ0v) is 17.2. The molecule has 3 rings (SSSR count). The molecule has 2 amide bonds. The first-order valence-corrected chi connectivity index (χ1v) is 10.1. The predicted octanol–water partition coefficient (Wildman–Crippen LogP) is 3.70. The molecule has 1 heterocycles. The number of nitrogens with one attached hydrogen (secondary N) is 1. The number of likely N-dealkylation sites (tertiary alicyclic amines) is 1. The molecule has 1 aliphatic heterocycles. The fraction of sp³-hybridized carbons (Fsp3) is 0.391. The Morgan fingerprint density at radius 3 is 2.37 bits per heavy atom. The molecule has 0 atom stereocenters. The van der Waals surface area contributed by atoms with Crippen molar-refractivity contribution in [2.45, 2.75) is 25.6 Å². The number of amides is 2. The highest BCUT2D eigenvalue weighted by Crippen LogP contribution is 2.16. The Morgan fingerprint density at radius 1 is 1.00 bits per heavy atom. The van der Waals surface area contributed by atoms with E-state index in [9.17, 15) is 9.59 Å². The predicted molar refractivity (Wildman–Crippen MR) is 113 cm³/mol. The van der Waals surface area contributed by atoms with Crippen LogP contribution in [-0.4, -0.2) is 56.4 Å². The van der Waals surface area contributed by atoms with Crippen molar-refractivity contribution >= 4 is 17.7 Å². The first kappa shape index (κ1) is 21.8. The van der Waals surface area contributed by atoms with Gasteiger partial charge in [0.15, 0.2) is 0 Å². The number of anilines is 1. The molecule has 1 fully saturated rings. The molecule has 1 aliphatic rings. The molecule has 0 unspecified atom stereocenters. The van der Waals surface area contributed by atoms with Gasteiger partial charge in [-0.2, -0.15) is 0 Å². The second kappa shape index (κ2) is 11.3. The summed E-state index contributed by atoms with van der Waals surface area (Å²) in [4.78, 5) is 25.7. The van der Waals surface area contributed by atoms with Gasteiger partial charge >= 0.3 is 12.0 Å². The van der Waals surface area contributed by atoms with E-state index in [1.165, 1.54) is 7.11 Å². The molecule has 0 aromatic heterocycles. The fourth-order valence-corrected chi connectivity index (χ4v) is 3.27. The third kappa shape index (κ3) is 6.57. The van der Waals surface area contributed by atoms with Gasteiger partial charge in [-0.25, -0.2) is 9.59 Å². The molecule has 0 bridgehead atoms. The molecule has 160 valence electrons. The van der Waals surface area contributed by atoms with Crippen LogP contribution in [0.25, 0.3) is 0 Å². The Hall–Kier alpha value is -2.90. The number of piperidine rings is 1. The quantitative estimate of drug-likeness (QED) is 0.528. The van der Waals surface area contributed by atoms with Gasteiger partial charge < -0.3 is 24.4 Å². The van der Waals surface area contributed by atoms with Gasteiger partial charge in [0.05, 0.1) is 38.6 Å². The van der Waals surface area contributed by atoms with Crippen LogP contribution in [0.3, 0.4) is 0 Å². The number of methoxy groups -OCH3 is 1. The van der Waals surface area contributed by atoms with E-state index in [0.29, 0.717) is 44.2 Å². The van der Waals surface area contributed by atoms with Gasteiger partial charge in [-0.05, 0) is 42.7 Å². The maximum Gasteiger partial charge on any atom is 0.337 e. The van der Waals surface area contributed by atoms with Crippen molar-refractivity contribution in [1.82, 2.24) is 4.90 Å². The van der Waals surface area contributed by atoms with Crippen LogP contribution in [0.5, 0.6) is 0 Å². The highest BCUT2D eigenvalue weighted by molar-refractivity contribution is 5.92. The average Bonchev–Trinajstić information content (AvgIpc) is 2.80. The molecule has 7 heteroatoms. The maximum atomic E-state index is 12.4. The van der Waals surface area contributed by atoms with Crippen molar-refractivity contribution in [3.63, 3.8) is 0 Å². The van der Waals surface area contributed by atoms with Crippen LogP contribution in [0.1, 0.15) is 28.8 Å². The Labute approximate surface area is 176 Å². The van der Waals surface area contributed by atoms with E-state index in [1.807, 2.05) is 30.3 Å². The second-order valence-electron chi connectivity index (χ2n) is 7.09. The van der Waals surface area contributed by atoms with Crippen LogP contribution in [0.2, 0.25) is 0 Å². The van der Waals surface area contributed by atoms with Gasteiger partial charge in [0.1, 0.15) is 0 Å². The molecular formula is C23H28N2O5. The number of carbonyl (C=O) groups excluding carboxylic acids is 2. The first-order valence-electron chi connectivity index (χ1n) is 10.1. The van der Waals surface area contributed by atoms with Crippen LogP contribution in [0, 0.1) is 0 Å². The summed E-state index contributed by atoms with van der Waals surface area (Å²) in [5.74, 6) is -0.402. The van der Waals surface area contributed by atoms with Crippen molar-refractivity contribution < 1.29 is 23.8 Å². The van der Waals surface area contributed by atoms with E-state index in [2.05, 4.69) is 10.1 Å². The summed E-state index contributed by atoms with van der Waals surface area (Å²) in [6.07, 6.45) is 1.74. The summed E-state index contributed by atoms with van der Waals surface area (Å²) >= 11 is 0. The van der Waals surface area contributed by atoms with Crippen molar-refractivity contribution in [2.24, 2.45) is 0 Å². The van der Waals surface area contributed by atoms with Gasteiger partial charge in [-0.15, -0.1) is 0 Å². The Morgan fingerprint density at radius 2 is 1.70 bits per heavy atom. The number of esters is 1. The summed E-state index contributed by atoms with van der Waals surface area (Å²) < 4.78 is 16.2. The highest BCUT2D eigenvalue weighted by atomic mass is 16.5. The Bertz CT molecular complexity index is 802. The molecule has 1 N–H and O–H groups in total. The number of urea groups is 1. The fourth-order valence-electron chi connectivity index (χ4n) is 3.27. The standard InChI is InChI=1S/C23H28N2O5/c1-28-22(26)19-7-9-20(10-8-19)24-23(27)25-13-11-21(12-14-25)30-16-15-29-17-18-5-3-2-4-6-18/h2-10,21H,11-17H2,1H3,(H,24,27). The van der Waals surface area contributed by atoms with Crippen LogP contribution in [-0.2, 0) is 20.8 Å². The minimum Gasteiger partial charge on any atom is -0.465 e. The lowest BCUT2D eigenvalue weighted by atomic mass is 10.1. The van der Waals surface area contributed by atoms with Gasteiger partial charge in [0, 0.05) is 18.8 Å². The van der Waals surface area contributed by atoms with Gasteiger partial charge in [-0.3, -0.25) is 0 Å². The largest absolute Gasteiger partial charge is 0.465 e. The lowest BCUT2D eigenvalue weighted by Gasteiger charge is -2.32. The Kier molecular flexibility index (Phi) is 8.23. The molecule has 2 aromatic carbocycles. The highest BCUT2D eigenvalue weighted by Gasteiger charge is 2.23. The molecule has 2 aromatic rings. The van der Waals surface area contributed by atoms with Gasteiger partial charge in [-0.1, -0.05) is 30.3 Å². The zero-order valence-electron chi connectivity index (χ0n) is 17.2. The topological polar surface area (TPSA) is 77.1 Å². The summed E-state index contributed by atoms with van der Waals surface area (Å²) in [7, 11) is 1.34. The second-order valence-corrected chi connectivity index (χ2v) is 7.09. The number of benzene rings is 2. The van der Waals surface area contributed by atoms with Crippen LogP contribution >= 0.6 is 0 Å². The van der Waals surface area contributed by atoms with Crippen LogP contribution in [0.15, 0.2) is 54.6 Å². The summed E-state index contributed by atoms with van der Waals surface area (Å²) in [6.45, 7) is 2.97. The smallest absolute Gasteiger partial charge is 0.337 e. The lowest BCUT2D eigenvalue weighted by molar-refractivity contribution is -0.0202. The number of hydrogen-bond acceptors (Lipinski definition) is 5. The summed E-state index contributed by atoms with van der Waals surface area (Å²) in [6, 6.07) is 16.5. The van der Waals surface area contributed by atoms with E-state index in [1.54, 1.807) is 29.2 Å². The molecule has 30 heavy (non-hydrogen) atoms. The van der Waals surface area contributed by atoms with Crippen molar-refractivity contribution in [1.29, 1.82) is 0 Å². The van der Waals surface area contributed by atoms with Crippen LogP contribution < -0.4 is 5.32 Å². The monoisotopic (exact) mass is 412 g/mol. The van der Waals surface area contributed by atoms with Gasteiger partial charge in [0.2, 0.25) is 0 Å². The molecular weight excluding hydrogens is 384 g/mol. The van der Waals surface area contributed by atoms with E-state index in [-0.39, 0.29) is 12.1 Å². The zero-order chi connectivity index (χ0) is 21.2. The van der Waals surface area contributed by atoms with Crippen molar-refractivity contribution in [3.05, 3.63) is 65.7 Å². The van der Waals surface area contributed by atoms with E-state index < -0.39 is 5.97 Å². The molecule has 0 aliphatic carbocycles. The Balaban J connectivity index is 1.31. The molecule has 0 radical (unpaired) electrons. The average molecular weight is 412 g/mol. The summed E-state index contributed by atoms with van der Waals surface area (Å²) in [5.41, 5.74) is 2.24. The normalized spacial score (nSPS) is 14.4. The molecule has 7 nitrogen and oxygen atoms in total. The van der Waals surface area contributed by atoms with Crippen LogP contribution in [0.4, 0.5) is 10.5 Å². The first-order chi connectivity index (χ1) is 14.7. The number of carbonyl (C=O) groups is 2. The number of rotatable bonds is 8. The lowest BCUT2D eigenvalue weighted by Crippen LogP contribution is -2.43. The van der Waals surface area contributed by atoms with E-state index in [4.69, 9.17) is 9.47 Å². The minimum atomic E-state index is -0.402. The number of hydrogen-bond donors (Lipinski definition) is 1. The van der Waals surface area contributed by atoms with Gasteiger partial charge in [0.25, 0.3) is 0 Å². The number of nitrogens with zero attached hydrogens (tertiary/aromatic N) is 1. The van der Waals surface area contributed by atoms with Crippen molar-refractivity contribution in [3.8, 4) is 0 Å². The summed E-state index contributed by atoms with van der Waals surface area (Å²) in [5, 5.41) is 2.86.